The van der Waals surface area contributed by atoms with Gasteiger partial charge in [0.05, 0.1) is 25.6 Å². The molecule has 0 unspecified atom stereocenters. The monoisotopic (exact) mass is 490 g/mol. The van der Waals surface area contributed by atoms with Crippen molar-refractivity contribution in [2.45, 2.75) is 31.8 Å². The van der Waals surface area contributed by atoms with Crippen LogP contribution in [0.1, 0.15) is 12.7 Å². The highest BCUT2D eigenvalue weighted by atomic mass is 19.4. The molecule has 0 atom stereocenters. The summed E-state index contributed by atoms with van der Waals surface area (Å²) in [5.41, 5.74) is 0. The average Bonchev–Trinajstić information content (AvgIpc) is 2.69. The first-order valence-electron chi connectivity index (χ1n) is 9.00. The number of rotatable bonds is 7. The van der Waals surface area contributed by atoms with Gasteiger partial charge in [-0.25, -0.2) is 14.4 Å². The fourth-order valence-electron chi connectivity index (χ4n) is 2.46. The molecule has 0 spiro atoms. The minimum absolute atomic E-state index is 0.00742. The van der Waals surface area contributed by atoms with Crippen LogP contribution in [0.4, 0.5) is 35.1 Å². The Morgan fingerprint density at radius 2 is 1.48 bits per heavy atom. The predicted molar refractivity (Wildman–Crippen MR) is 90.1 cm³/mol. The molecular weight excluding hydrogens is 476 g/mol. The topological polar surface area (TPSA) is 71.9 Å². The molecule has 1 aromatic heterocycles. The van der Waals surface area contributed by atoms with Crippen LogP contribution >= 0.6 is 0 Å². The van der Waals surface area contributed by atoms with Crippen molar-refractivity contribution in [1.29, 1.82) is 0 Å². The van der Waals surface area contributed by atoms with Crippen molar-refractivity contribution in [3.05, 3.63) is 42.2 Å². The second kappa shape index (κ2) is 9.13. The van der Waals surface area contributed by atoms with E-state index in [9.17, 15) is 35.1 Å². The molecule has 1 saturated heterocycles. The van der Waals surface area contributed by atoms with Crippen molar-refractivity contribution in [3.8, 4) is 17.2 Å². The van der Waals surface area contributed by atoms with E-state index >= 15 is 0 Å². The Kier molecular flexibility index (Phi) is 6.83. The van der Waals surface area contributed by atoms with Gasteiger partial charge in [0.1, 0.15) is 5.75 Å². The van der Waals surface area contributed by atoms with E-state index in [1.165, 1.54) is 0 Å². The molecule has 1 aromatic carbocycles. The van der Waals surface area contributed by atoms with Gasteiger partial charge in [-0.05, 0) is 12.1 Å². The summed E-state index contributed by atoms with van der Waals surface area (Å²) in [6, 6.07) is 1.23. The molecule has 1 fully saturated rings. The zero-order valence-electron chi connectivity index (χ0n) is 16.4. The fraction of sp³-hybridized carbons (Fsp3) is 0.444. The van der Waals surface area contributed by atoms with Gasteiger partial charge in [-0.2, -0.15) is 17.6 Å². The maximum absolute atomic E-state index is 14.2. The first-order chi connectivity index (χ1) is 15.2. The second-order valence-electron chi connectivity index (χ2n) is 6.77. The van der Waals surface area contributed by atoms with Crippen molar-refractivity contribution in [2.75, 3.05) is 13.2 Å². The number of benzene rings is 1. The Hall–Kier alpha value is -2.94. The van der Waals surface area contributed by atoms with E-state index in [0.717, 1.165) is 0 Å². The SMILES string of the molecule is CC1COC(C(F)(F)Oc2cnc(C(F)(F)Oc3ccc(OC(F)(F)F)c(F)c3)nc2)OC1. The van der Waals surface area contributed by atoms with E-state index in [1.54, 1.807) is 6.92 Å². The van der Waals surface area contributed by atoms with Crippen molar-refractivity contribution in [2.24, 2.45) is 5.92 Å². The summed E-state index contributed by atoms with van der Waals surface area (Å²) in [5, 5.41) is 0. The molecule has 3 rings (SSSR count). The van der Waals surface area contributed by atoms with Gasteiger partial charge in [-0.15, -0.1) is 13.2 Å². The molecule has 2 aromatic rings. The van der Waals surface area contributed by atoms with E-state index in [-0.39, 0.29) is 25.2 Å². The molecule has 1 aliphatic heterocycles. The average molecular weight is 490 g/mol. The van der Waals surface area contributed by atoms with E-state index < -0.39 is 53.8 Å². The number of ether oxygens (including phenoxy) is 5. The number of alkyl halides is 7. The lowest BCUT2D eigenvalue weighted by Crippen LogP contribution is -2.47. The summed E-state index contributed by atoms with van der Waals surface area (Å²) >= 11 is 0. The van der Waals surface area contributed by atoms with Crippen molar-refractivity contribution in [1.82, 2.24) is 9.97 Å². The van der Waals surface area contributed by atoms with Gasteiger partial charge in [-0.1, -0.05) is 6.92 Å². The molecule has 15 heteroatoms. The Labute approximate surface area is 180 Å². The van der Waals surface area contributed by atoms with Gasteiger partial charge < -0.3 is 23.7 Å². The lowest BCUT2D eigenvalue weighted by molar-refractivity contribution is -0.350. The fourth-order valence-corrected chi connectivity index (χ4v) is 2.46. The van der Waals surface area contributed by atoms with Crippen LogP contribution in [-0.2, 0) is 15.6 Å². The molecule has 0 amide bonds. The van der Waals surface area contributed by atoms with Crippen LogP contribution in [0.25, 0.3) is 0 Å². The molecule has 182 valence electrons. The van der Waals surface area contributed by atoms with Gasteiger partial charge in [0.25, 0.3) is 6.29 Å². The molecule has 33 heavy (non-hydrogen) atoms. The van der Waals surface area contributed by atoms with Crippen molar-refractivity contribution in [3.63, 3.8) is 0 Å². The van der Waals surface area contributed by atoms with Gasteiger partial charge in [0.2, 0.25) is 5.82 Å². The quantitative estimate of drug-likeness (QED) is 0.525. The number of halogens is 8. The summed E-state index contributed by atoms with van der Waals surface area (Å²) in [4.78, 5) is 6.37. The summed E-state index contributed by atoms with van der Waals surface area (Å²) < 4.78 is 128. The molecule has 7 nitrogen and oxygen atoms in total. The minimum Gasteiger partial charge on any atom is -0.426 e. The van der Waals surface area contributed by atoms with E-state index in [0.29, 0.717) is 24.5 Å². The highest BCUT2D eigenvalue weighted by Gasteiger charge is 2.47. The smallest absolute Gasteiger partial charge is 0.426 e. The van der Waals surface area contributed by atoms with Crippen LogP contribution in [0.2, 0.25) is 0 Å². The van der Waals surface area contributed by atoms with Crippen molar-refractivity contribution >= 4 is 0 Å². The van der Waals surface area contributed by atoms with Crippen LogP contribution in [-0.4, -0.2) is 41.9 Å². The maximum atomic E-state index is 14.2. The Bertz CT molecular complexity index is 950. The summed E-state index contributed by atoms with van der Waals surface area (Å²) in [6.45, 7) is 1.70. The summed E-state index contributed by atoms with van der Waals surface area (Å²) in [7, 11) is 0. The van der Waals surface area contributed by atoms with E-state index in [1.807, 2.05) is 0 Å². The third kappa shape index (κ3) is 6.54. The predicted octanol–water partition coefficient (Wildman–Crippen LogP) is 4.62. The number of hydrogen-bond acceptors (Lipinski definition) is 7. The minimum atomic E-state index is -5.20. The zero-order chi connectivity index (χ0) is 24.4. The highest BCUT2D eigenvalue weighted by molar-refractivity contribution is 5.33. The maximum Gasteiger partial charge on any atom is 0.573 e. The van der Waals surface area contributed by atoms with E-state index in [2.05, 4.69) is 24.2 Å². The second-order valence-corrected chi connectivity index (χ2v) is 6.77. The lowest BCUT2D eigenvalue weighted by atomic mass is 10.2. The molecule has 2 heterocycles. The standard InChI is InChI=1S/C18H14F8N2O5/c1-9-7-29-15(30-8-9)17(22,23)32-11-5-27-14(28-6-11)16(20,21)31-10-2-3-13(12(19)4-10)33-18(24,25)26/h2-6,9,15H,7-8H2,1H3. The van der Waals surface area contributed by atoms with Crippen molar-refractivity contribution < 1.29 is 58.8 Å². The molecule has 0 radical (unpaired) electrons. The number of aromatic nitrogens is 2. The molecule has 0 aliphatic carbocycles. The third-order valence-electron chi connectivity index (χ3n) is 3.86. The summed E-state index contributed by atoms with van der Waals surface area (Å²) in [6.07, 6.45) is -14.5. The molecule has 1 aliphatic rings. The summed E-state index contributed by atoms with van der Waals surface area (Å²) in [5.74, 6) is -5.92. The van der Waals surface area contributed by atoms with Crippen LogP contribution in [0, 0.1) is 11.7 Å². The number of nitrogens with zero attached hydrogens (tertiary/aromatic N) is 2. The van der Waals surface area contributed by atoms with Crippen LogP contribution in [0.15, 0.2) is 30.6 Å². The number of hydrogen-bond donors (Lipinski definition) is 0. The van der Waals surface area contributed by atoms with Gasteiger partial charge in [-0.3, -0.25) is 0 Å². The van der Waals surface area contributed by atoms with Crippen LogP contribution in [0.3, 0.4) is 0 Å². The van der Waals surface area contributed by atoms with E-state index in [4.69, 9.17) is 9.47 Å². The Balaban J connectivity index is 1.66. The lowest BCUT2D eigenvalue weighted by Gasteiger charge is -2.31. The Morgan fingerprint density at radius 1 is 0.879 bits per heavy atom. The molecule has 0 saturated carbocycles. The molecular formula is C18H14F8N2O5. The first-order valence-corrected chi connectivity index (χ1v) is 9.00. The normalized spacial score (nSPS) is 19.8. The first kappa shape index (κ1) is 24.7. The van der Waals surface area contributed by atoms with Crippen LogP contribution in [0.5, 0.6) is 17.2 Å². The molecule has 0 N–H and O–H groups in total. The highest BCUT2D eigenvalue weighted by Crippen LogP contribution is 2.34. The van der Waals surface area contributed by atoms with Gasteiger partial charge in [0, 0.05) is 12.0 Å². The largest absolute Gasteiger partial charge is 0.573 e. The Morgan fingerprint density at radius 3 is 2.03 bits per heavy atom. The van der Waals surface area contributed by atoms with Gasteiger partial charge >= 0.3 is 18.6 Å². The zero-order valence-corrected chi connectivity index (χ0v) is 16.4. The molecule has 0 bridgehead atoms. The van der Waals surface area contributed by atoms with Crippen LogP contribution < -0.4 is 14.2 Å². The third-order valence-corrected chi connectivity index (χ3v) is 3.86. The van der Waals surface area contributed by atoms with Gasteiger partial charge in [0.15, 0.2) is 17.3 Å².